The van der Waals surface area contributed by atoms with Crippen LogP contribution in [0.1, 0.15) is 5.56 Å². The molecule has 0 atom stereocenters. The van der Waals surface area contributed by atoms with Gasteiger partial charge in [0.1, 0.15) is 5.69 Å². The number of nitro groups is 1. The Morgan fingerprint density at radius 2 is 1.87 bits per heavy atom. The fraction of sp³-hybridized carbons (Fsp3) is 0.182. The molecule has 3 aromatic rings. The monoisotopic (exact) mass is 404 g/mol. The number of amides is 1. The van der Waals surface area contributed by atoms with E-state index in [9.17, 15) is 14.9 Å². The highest BCUT2D eigenvalue weighted by Crippen LogP contribution is 2.27. The molecular weight excluding hydrogens is 384 g/mol. The minimum atomic E-state index is -0.435. The van der Waals surface area contributed by atoms with Gasteiger partial charge in [-0.2, -0.15) is 5.10 Å². The number of non-ortho nitro benzene ring substituents is 1. The average Bonchev–Trinajstić information content (AvgIpc) is 3.23. The van der Waals surface area contributed by atoms with E-state index < -0.39 is 4.92 Å². The van der Waals surface area contributed by atoms with Crippen molar-refractivity contribution >= 4 is 17.7 Å². The van der Waals surface area contributed by atoms with Crippen molar-refractivity contribution in [1.29, 1.82) is 0 Å². The Balaban J connectivity index is 1.71. The molecule has 0 spiro atoms. The molecule has 30 heavy (non-hydrogen) atoms. The highest BCUT2D eigenvalue weighted by molar-refractivity contribution is 5.93. The highest BCUT2D eigenvalue weighted by atomic mass is 16.6. The van der Waals surface area contributed by atoms with Crippen LogP contribution in [0, 0.1) is 10.1 Å². The summed E-state index contributed by atoms with van der Waals surface area (Å²) in [6, 6.07) is 15.9. The van der Waals surface area contributed by atoms with Gasteiger partial charge in [-0.05, 0) is 18.2 Å². The smallest absolute Gasteiger partial charge is 0.270 e. The maximum atomic E-state index is 12.5. The first-order valence-electron chi connectivity index (χ1n) is 9.56. The molecule has 0 aliphatic carbocycles. The van der Waals surface area contributed by atoms with Crippen molar-refractivity contribution in [3.8, 4) is 16.9 Å². The van der Waals surface area contributed by atoms with E-state index in [2.05, 4.69) is 5.10 Å². The van der Waals surface area contributed by atoms with E-state index in [1.807, 2.05) is 36.5 Å². The lowest BCUT2D eigenvalue weighted by Gasteiger charge is -2.25. The number of aromatic nitrogens is 2. The summed E-state index contributed by atoms with van der Waals surface area (Å²) in [4.78, 5) is 25.0. The molecule has 1 amide bonds. The number of hydrogen-bond donors (Lipinski definition) is 0. The van der Waals surface area contributed by atoms with Gasteiger partial charge in [-0.3, -0.25) is 14.9 Å². The van der Waals surface area contributed by atoms with E-state index in [-0.39, 0.29) is 11.6 Å². The molecule has 0 radical (unpaired) electrons. The minimum absolute atomic E-state index is 0.0129. The first-order valence-corrected chi connectivity index (χ1v) is 9.56. The molecule has 0 bridgehead atoms. The van der Waals surface area contributed by atoms with Crippen molar-refractivity contribution < 1.29 is 14.5 Å². The van der Waals surface area contributed by atoms with Crippen molar-refractivity contribution in [2.24, 2.45) is 0 Å². The molecule has 0 saturated carbocycles. The molecule has 152 valence electrons. The summed E-state index contributed by atoms with van der Waals surface area (Å²) in [5, 5.41) is 15.8. The molecule has 8 nitrogen and oxygen atoms in total. The van der Waals surface area contributed by atoms with Crippen LogP contribution >= 0.6 is 0 Å². The van der Waals surface area contributed by atoms with Crippen LogP contribution in [0.5, 0.6) is 0 Å². The van der Waals surface area contributed by atoms with Gasteiger partial charge in [-0.15, -0.1) is 0 Å². The van der Waals surface area contributed by atoms with E-state index in [4.69, 9.17) is 4.74 Å². The topological polar surface area (TPSA) is 90.5 Å². The van der Waals surface area contributed by atoms with Crippen LogP contribution in [0.15, 0.2) is 66.9 Å². The summed E-state index contributed by atoms with van der Waals surface area (Å²) in [5.74, 6) is -0.101. The van der Waals surface area contributed by atoms with E-state index in [0.29, 0.717) is 43.1 Å². The fourth-order valence-corrected chi connectivity index (χ4v) is 3.26. The summed E-state index contributed by atoms with van der Waals surface area (Å²) in [6.45, 7) is 2.18. The van der Waals surface area contributed by atoms with Crippen molar-refractivity contribution in [2.75, 3.05) is 26.3 Å². The molecule has 1 aliphatic heterocycles. The van der Waals surface area contributed by atoms with Gasteiger partial charge in [0.2, 0.25) is 5.91 Å². The van der Waals surface area contributed by atoms with E-state index >= 15 is 0 Å². The molecule has 2 aromatic carbocycles. The summed E-state index contributed by atoms with van der Waals surface area (Å²) in [5.41, 5.74) is 2.70. The van der Waals surface area contributed by atoms with Gasteiger partial charge in [0, 0.05) is 48.6 Å². The minimum Gasteiger partial charge on any atom is -0.378 e. The fourth-order valence-electron chi connectivity index (χ4n) is 3.26. The third kappa shape index (κ3) is 4.28. The van der Waals surface area contributed by atoms with Crippen LogP contribution < -0.4 is 0 Å². The van der Waals surface area contributed by atoms with Gasteiger partial charge in [0.15, 0.2) is 0 Å². The summed E-state index contributed by atoms with van der Waals surface area (Å²) in [6.07, 6.45) is 5.03. The molecular formula is C22H20N4O4. The first-order chi connectivity index (χ1) is 14.6. The van der Waals surface area contributed by atoms with Gasteiger partial charge in [0.05, 0.1) is 23.8 Å². The first kappa shape index (κ1) is 19.5. The van der Waals surface area contributed by atoms with E-state index in [1.165, 1.54) is 18.2 Å². The molecule has 0 N–H and O–H groups in total. The van der Waals surface area contributed by atoms with Crippen molar-refractivity contribution in [3.05, 3.63) is 82.5 Å². The number of carbonyl (C=O) groups excluding carboxylic acids is 1. The zero-order chi connectivity index (χ0) is 20.9. The number of rotatable bonds is 5. The number of nitrogens with zero attached hydrogens (tertiary/aromatic N) is 4. The van der Waals surface area contributed by atoms with Crippen molar-refractivity contribution in [1.82, 2.24) is 14.7 Å². The van der Waals surface area contributed by atoms with Crippen LogP contribution in [0.2, 0.25) is 0 Å². The van der Waals surface area contributed by atoms with Crippen molar-refractivity contribution in [2.45, 2.75) is 0 Å². The molecule has 1 aromatic heterocycles. The van der Waals surface area contributed by atoms with Crippen LogP contribution in [-0.2, 0) is 9.53 Å². The molecule has 2 heterocycles. The van der Waals surface area contributed by atoms with Crippen LogP contribution in [0.4, 0.5) is 5.69 Å². The summed E-state index contributed by atoms with van der Waals surface area (Å²) in [7, 11) is 0. The number of ether oxygens (including phenoxy) is 1. The third-order valence-electron chi connectivity index (χ3n) is 4.82. The van der Waals surface area contributed by atoms with Gasteiger partial charge in [-0.1, -0.05) is 30.3 Å². The molecule has 1 aliphatic rings. The zero-order valence-corrected chi connectivity index (χ0v) is 16.2. The number of para-hydroxylation sites is 1. The average molecular weight is 404 g/mol. The van der Waals surface area contributed by atoms with E-state index in [1.54, 1.807) is 27.8 Å². The predicted molar refractivity (Wildman–Crippen MR) is 112 cm³/mol. The van der Waals surface area contributed by atoms with Gasteiger partial charge in [-0.25, -0.2) is 4.68 Å². The lowest BCUT2D eigenvalue weighted by molar-refractivity contribution is -0.384. The highest BCUT2D eigenvalue weighted by Gasteiger charge is 2.16. The second kappa shape index (κ2) is 8.71. The lowest BCUT2D eigenvalue weighted by atomic mass is 10.1. The molecule has 4 rings (SSSR count). The summed E-state index contributed by atoms with van der Waals surface area (Å²) >= 11 is 0. The molecule has 1 saturated heterocycles. The molecule has 1 fully saturated rings. The van der Waals surface area contributed by atoms with Gasteiger partial charge < -0.3 is 9.64 Å². The summed E-state index contributed by atoms with van der Waals surface area (Å²) < 4.78 is 6.99. The lowest BCUT2D eigenvalue weighted by Crippen LogP contribution is -2.39. The third-order valence-corrected chi connectivity index (χ3v) is 4.82. The molecule has 8 heteroatoms. The predicted octanol–water partition coefficient (Wildman–Crippen LogP) is 3.32. The maximum Gasteiger partial charge on any atom is 0.270 e. The number of benzene rings is 2. The van der Waals surface area contributed by atoms with Gasteiger partial charge >= 0.3 is 0 Å². The maximum absolute atomic E-state index is 12.5. The Morgan fingerprint density at radius 3 is 2.60 bits per heavy atom. The normalized spacial score (nSPS) is 14.2. The largest absolute Gasteiger partial charge is 0.378 e. The standard InChI is InChI=1S/C22H20N4O4/c27-21(24-11-13-30-14-12-24)10-9-18-16-25(19-6-2-1-3-7-19)23-22(18)17-5-4-8-20(15-17)26(28)29/h1-10,15-16H,11-14H2/b10-9+. The van der Waals surface area contributed by atoms with Crippen LogP contribution in [0.3, 0.4) is 0 Å². The second-order valence-electron chi connectivity index (χ2n) is 6.79. The Labute approximate surface area is 173 Å². The SMILES string of the molecule is O=C(/C=C/c1cn(-c2ccccc2)nc1-c1cccc([N+](=O)[O-])c1)N1CCOCC1. The zero-order valence-electron chi connectivity index (χ0n) is 16.2. The quantitative estimate of drug-likeness (QED) is 0.370. The number of hydrogen-bond acceptors (Lipinski definition) is 5. The Hall–Kier alpha value is -3.78. The number of carbonyl (C=O) groups is 1. The number of morpholine rings is 1. The Bertz CT molecular complexity index is 1090. The van der Waals surface area contributed by atoms with Crippen LogP contribution in [-0.4, -0.2) is 51.8 Å². The Kier molecular flexibility index (Phi) is 5.67. The van der Waals surface area contributed by atoms with Crippen molar-refractivity contribution in [3.63, 3.8) is 0 Å². The van der Waals surface area contributed by atoms with Crippen LogP contribution in [0.25, 0.3) is 23.0 Å². The number of nitro benzene ring substituents is 1. The second-order valence-corrected chi connectivity index (χ2v) is 6.79. The van der Waals surface area contributed by atoms with E-state index in [0.717, 1.165) is 5.69 Å². The van der Waals surface area contributed by atoms with Gasteiger partial charge in [0.25, 0.3) is 5.69 Å². The molecule has 0 unspecified atom stereocenters. The Morgan fingerprint density at radius 1 is 1.10 bits per heavy atom.